The number of hydrogen-bond donors (Lipinski definition) is 0. The number of furan rings is 2. The van der Waals surface area contributed by atoms with Crippen molar-refractivity contribution in [1.29, 1.82) is 0 Å². The van der Waals surface area contributed by atoms with Crippen LogP contribution >= 0.6 is 0 Å². The molecule has 0 aliphatic rings. The smallest absolute Gasteiger partial charge is 0.164 e. The number of benzene rings is 6. The van der Waals surface area contributed by atoms with Gasteiger partial charge in [0, 0.05) is 38.2 Å². The van der Waals surface area contributed by atoms with Crippen molar-refractivity contribution in [3.8, 4) is 45.3 Å². The Morgan fingerprint density at radius 1 is 0.318 bits per heavy atom. The summed E-state index contributed by atoms with van der Waals surface area (Å²) in [7, 11) is 0. The Kier molecular flexibility index (Phi) is 5.43. The molecule has 0 bridgehead atoms. The number of aromatic nitrogens is 3. The maximum atomic E-state index is 6.23. The van der Waals surface area contributed by atoms with Gasteiger partial charge in [-0.05, 0) is 35.4 Å². The third-order valence-corrected chi connectivity index (χ3v) is 8.17. The lowest BCUT2D eigenvalue weighted by molar-refractivity contribution is 0.668. The second kappa shape index (κ2) is 9.75. The number of para-hydroxylation sites is 2. The van der Waals surface area contributed by atoms with Gasteiger partial charge in [-0.15, -0.1) is 0 Å². The fraction of sp³-hybridized carbons (Fsp3) is 0. The molecule has 5 nitrogen and oxygen atoms in total. The molecule has 9 aromatic rings. The normalized spacial score (nSPS) is 11.6. The summed E-state index contributed by atoms with van der Waals surface area (Å²) in [5, 5.41) is 4.16. The van der Waals surface area contributed by atoms with E-state index in [0.717, 1.165) is 71.7 Å². The summed E-state index contributed by atoms with van der Waals surface area (Å²) >= 11 is 0. The molecule has 9 rings (SSSR count). The third kappa shape index (κ3) is 3.83. The van der Waals surface area contributed by atoms with Crippen molar-refractivity contribution in [2.24, 2.45) is 0 Å². The minimum absolute atomic E-state index is 0.591. The van der Waals surface area contributed by atoms with Crippen LogP contribution in [0.5, 0.6) is 0 Å². The van der Waals surface area contributed by atoms with Crippen molar-refractivity contribution in [2.75, 3.05) is 0 Å². The Labute approximate surface area is 252 Å². The average molecular weight is 566 g/mol. The van der Waals surface area contributed by atoms with E-state index in [1.165, 1.54) is 0 Å². The van der Waals surface area contributed by atoms with E-state index in [1.807, 2.05) is 97.1 Å². The summed E-state index contributed by atoms with van der Waals surface area (Å²) in [5.41, 5.74) is 8.15. The minimum atomic E-state index is 0.591. The van der Waals surface area contributed by atoms with E-state index in [0.29, 0.717) is 17.5 Å². The van der Waals surface area contributed by atoms with E-state index < -0.39 is 0 Å². The molecule has 0 amide bonds. The van der Waals surface area contributed by atoms with Gasteiger partial charge in [0.1, 0.15) is 22.3 Å². The van der Waals surface area contributed by atoms with Gasteiger partial charge in [0.25, 0.3) is 0 Å². The molecule has 44 heavy (non-hydrogen) atoms. The van der Waals surface area contributed by atoms with Crippen molar-refractivity contribution < 1.29 is 8.83 Å². The van der Waals surface area contributed by atoms with Crippen molar-refractivity contribution in [3.05, 3.63) is 140 Å². The molecular formula is C39H23N3O2. The molecule has 0 saturated heterocycles. The highest BCUT2D eigenvalue weighted by Crippen LogP contribution is 2.41. The molecule has 5 heteroatoms. The lowest BCUT2D eigenvalue weighted by atomic mass is 9.95. The summed E-state index contributed by atoms with van der Waals surface area (Å²) in [6.07, 6.45) is 0. The molecule has 0 unspecified atom stereocenters. The second-order valence-corrected chi connectivity index (χ2v) is 10.8. The van der Waals surface area contributed by atoms with Gasteiger partial charge in [-0.2, -0.15) is 0 Å². The fourth-order valence-corrected chi connectivity index (χ4v) is 6.21. The van der Waals surface area contributed by atoms with Gasteiger partial charge in [-0.1, -0.05) is 115 Å². The summed E-state index contributed by atoms with van der Waals surface area (Å²) in [6.45, 7) is 0. The maximum Gasteiger partial charge on any atom is 0.164 e. The lowest BCUT2D eigenvalue weighted by Crippen LogP contribution is -2.01. The Morgan fingerprint density at radius 2 is 0.773 bits per heavy atom. The zero-order valence-electron chi connectivity index (χ0n) is 23.4. The van der Waals surface area contributed by atoms with Gasteiger partial charge < -0.3 is 8.83 Å². The first-order valence-electron chi connectivity index (χ1n) is 14.5. The Balaban J connectivity index is 1.33. The van der Waals surface area contributed by atoms with E-state index in [1.54, 1.807) is 0 Å². The molecular weight excluding hydrogens is 542 g/mol. The Bertz CT molecular complexity index is 2510. The summed E-state index contributed by atoms with van der Waals surface area (Å²) in [5.74, 6) is 1.80. The van der Waals surface area contributed by atoms with Crippen LogP contribution in [0.3, 0.4) is 0 Å². The first kappa shape index (κ1) is 24.5. The van der Waals surface area contributed by atoms with Gasteiger partial charge in [0.2, 0.25) is 0 Å². The van der Waals surface area contributed by atoms with E-state index in [2.05, 4.69) is 42.5 Å². The van der Waals surface area contributed by atoms with Crippen LogP contribution in [-0.2, 0) is 0 Å². The number of hydrogen-bond acceptors (Lipinski definition) is 5. The molecule has 0 fully saturated rings. The van der Waals surface area contributed by atoms with E-state index >= 15 is 0 Å². The monoisotopic (exact) mass is 565 g/mol. The van der Waals surface area contributed by atoms with Gasteiger partial charge in [0.15, 0.2) is 17.5 Å². The number of nitrogens with zero attached hydrogens (tertiary/aromatic N) is 3. The van der Waals surface area contributed by atoms with Crippen molar-refractivity contribution >= 4 is 43.9 Å². The predicted octanol–water partition coefficient (Wildman–Crippen LogP) is 10.3. The molecule has 3 aromatic heterocycles. The molecule has 206 valence electrons. The van der Waals surface area contributed by atoms with Crippen LogP contribution in [0.4, 0.5) is 0 Å². The first-order valence-corrected chi connectivity index (χ1v) is 14.5. The molecule has 0 aliphatic heterocycles. The lowest BCUT2D eigenvalue weighted by Gasteiger charge is -2.13. The molecule has 0 saturated carbocycles. The third-order valence-electron chi connectivity index (χ3n) is 8.17. The largest absolute Gasteiger partial charge is 0.456 e. The van der Waals surface area contributed by atoms with Crippen LogP contribution in [0, 0.1) is 0 Å². The quantitative estimate of drug-likeness (QED) is 0.212. The summed E-state index contributed by atoms with van der Waals surface area (Å²) in [6, 6.07) is 46.8. The summed E-state index contributed by atoms with van der Waals surface area (Å²) in [4.78, 5) is 15.3. The SMILES string of the molecule is c1ccc(-c2nc(-c3ccccc3-c3cccc4oc5ccccc5c34)nc(-c3cccc4oc5ccccc5c34)n2)cc1. The highest BCUT2D eigenvalue weighted by Gasteiger charge is 2.20. The standard InChI is InChI=1S/C39H23N3O2/c1-2-12-24(13-3-1)37-40-38(42-39(41-37)30-19-11-23-34-36(30)29-17-7-9-21-32(29)44-34)27-15-5-4-14-25(27)26-18-10-22-33-35(26)28-16-6-8-20-31(28)43-33/h1-23H. The minimum Gasteiger partial charge on any atom is -0.456 e. The molecule has 0 aliphatic carbocycles. The Morgan fingerprint density at radius 3 is 1.45 bits per heavy atom. The molecule has 0 radical (unpaired) electrons. The van der Waals surface area contributed by atoms with Crippen LogP contribution in [0.25, 0.3) is 89.2 Å². The highest BCUT2D eigenvalue weighted by atomic mass is 16.3. The van der Waals surface area contributed by atoms with Crippen LogP contribution in [0.1, 0.15) is 0 Å². The first-order chi connectivity index (χ1) is 21.8. The van der Waals surface area contributed by atoms with Crippen LogP contribution < -0.4 is 0 Å². The number of rotatable bonds is 4. The molecule has 0 atom stereocenters. The van der Waals surface area contributed by atoms with Gasteiger partial charge in [-0.25, -0.2) is 15.0 Å². The van der Waals surface area contributed by atoms with Crippen molar-refractivity contribution in [2.45, 2.75) is 0 Å². The molecule has 3 heterocycles. The molecule has 0 spiro atoms. The predicted molar refractivity (Wildman–Crippen MR) is 176 cm³/mol. The van der Waals surface area contributed by atoms with E-state index in [4.69, 9.17) is 23.8 Å². The van der Waals surface area contributed by atoms with Crippen LogP contribution in [0.15, 0.2) is 148 Å². The number of fused-ring (bicyclic) bond motifs is 6. The second-order valence-electron chi connectivity index (χ2n) is 10.8. The summed E-state index contributed by atoms with van der Waals surface area (Å²) < 4.78 is 12.4. The fourth-order valence-electron chi connectivity index (χ4n) is 6.21. The van der Waals surface area contributed by atoms with Crippen LogP contribution in [0.2, 0.25) is 0 Å². The van der Waals surface area contributed by atoms with Crippen molar-refractivity contribution in [3.63, 3.8) is 0 Å². The zero-order valence-corrected chi connectivity index (χ0v) is 23.4. The highest BCUT2D eigenvalue weighted by molar-refractivity contribution is 6.14. The Hall–Kier alpha value is -6.07. The van der Waals surface area contributed by atoms with Crippen LogP contribution in [-0.4, -0.2) is 15.0 Å². The average Bonchev–Trinajstić information content (AvgIpc) is 3.67. The van der Waals surface area contributed by atoms with Gasteiger partial charge in [0.05, 0.1) is 0 Å². The zero-order chi connectivity index (χ0) is 29.0. The molecule has 6 aromatic carbocycles. The van der Waals surface area contributed by atoms with Gasteiger partial charge in [-0.3, -0.25) is 0 Å². The van der Waals surface area contributed by atoms with E-state index in [-0.39, 0.29) is 0 Å². The van der Waals surface area contributed by atoms with Gasteiger partial charge >= 0.3 is 0 Å². The topological polar surface area (TPSA) is 65.0 Å². The maximum absolute atomic E-state index is 6.23. The van der Waals surface area contributed by atoms with E-state index in [9.17, 15) is 0 Å². The van der Waals surface area contributed by atoms with Crippen molar-refractivity contribution in [1.82, 2.24) is 15.0 Å². The molecule has 0 N–H and O–H groups in total.